The third-order valence-corrected chi connectivity index (χ3v) is 3.41. The minimum absolute atomic E-state index is 0.0406. The summed E-state index contributed by atoms with van der Waals surface area (Å²) in [6.45, 7) is 2.39. The molecule has 0 aromatic rings. The van der Waals surface area contributed by atoms with Gasteiger partial charge in [0.15, 0.2) is 0 Å². The zero-order valence-electron chi connectivity index (χ0n) is 8.85. The molecule has 1 aliphatic carbocycles. The van der Waals surface area contributed by atoms with Crippen molar-refractivity contribution in [1.82, 2.24) is 0 Å². The van der Waals surface area contributed by atoms with Crippen LogP contribution in [0.1, 0.15) is 45.4 Å². The second-order valence-corrected chi connectivity index (χ2v) is 4.79. The van der Waals surface area contributed by atoms with Crippen LogP contribution in [0.15, 0.2) is 0 Å². The Morgan fingerprint density at radius 3 is 2.57 bits per heavy atom. The normalized spacial score (nSPS) is 17.9. The number of unbranched alkanes of at least 4 members (excludes halogenated alkanes) is 2. The monoisotopic (exact) mass is 262 g/mol. The van der Waals surface area contributed by atoms with E-state index in [-0.39, 0.29) is 11.4 Å². The summed E-state index contributed by atoms with van der Waals surface area (Å²) in [5.74, 6) is 0.0406. The molecule has 0 radical (unpaired) electrons. The predicted octanol–water partition coefficient (Wildman–Crippen LogP) is 3.29. The molecule has 1 aliphatic rings. The van der Waals surface area contributed by atoms with Gasteiger partial charge in [-0.15, -0.1) is 0 Å². The van der Waals surface area contributed by atoms with Gasteiger partial charge < -0.3 is 4.74 Å². The van der Waals surface area contributed by atoms with Gasteiger partial charge in [-0.25, -0.2) is 0 Å². The predicted molar refractivity (Wildman–Crippen MR) is 60.6 cm³/mol. The standard InChI is InChI=1S/C11H19BrO2/c1-2-14-10(13)11(7-8-11)6-4-3-5-9-12/h2-9H2,1H3. The van der Waals surface area contributed by atoms with E-state index in [1.54, 1.807) is 0 Å². The van der Waals surface area contributed by atoms with Crippen molar-refractivity contribution in [1.29, 1.82) is 0 Å². The number of carbonyl (C=O) groups excluding carboxylic acids is 1. The van der Waals surface area contributed by atoms with E-state index < -0.39 is 0 Å². The Morgan fingerprint density at radius 1 is 1.36 bits per heavy atom. The van der Waals surface area contributed by atoms with E-state index in [1.165, 1.54) is 12.8 Å². The number of esters is 1. The van der Waals surface area contributed by atoms with Crippen molar-refractivity contribution in [2.24, 2.45) is 5.41 Å². The number of carbonyl (C=O) groups is 1. The lowest BCUT2D eigenvalue weighted by Crippen LogP contribution is -2.18. The zero-order chi connectivity index (χ0) is 10.4. The van der Waals surface area contributed by atoms with Crippen LogP contribution in [-0.2, 0) is 9.53 Å². The first-order valence-corrected chi connectivity index (χ1v) is 6.60. The molecule has 0 N–H and O–H groups in total. The van der Waals surface area contributed by atoms with Crippen LogP contribution in [0.2, 0.25) is 0 Å². The van der Waals surface area contributed by atoms with E-state index in [9.17, 15) is 4.79 Å². The van der Waals surface area contributed by atoms with E-state index >= 15 is 0 Å². The summed E-state index contributed by atoms with van der Waals surface area (Å²) in [6.07, 6.45) is 6.69. The van der Waals surface area contributed by atoms with Crippen LogP contribution in [0.4, 0.5) is 0 Å². The molecule has 1 saturated carbocycles. The van der Waals surface area contributed by atoms with Crippen LogP contribution in [0, 0.1) is 5.41 Å². The van der Waals surface area contributed by atoms with Crippen molar-refractivity contribution < 1.29 is 9.53 Å². The summed E-state index contributed by atoms with van der Waals surface area (Å²) in [4.78, 5) is 11.6. The fourth-order valence-corrected chi connectivity index (χ4v) is 2.12. The summed E-state index contributed by atoms with van der Waals surface area (Å²) in [6, 6.07) is 0. The molecule has 1 fully saturated rings. The SMILES string of the molecule is CCOC(=O)C1(CCCCCBr)CC1. The molecule has 0 saturated heterocycles. The molecule has 0 amide bonds. The Hall–Kier alpha value is -0.0500. The lowest BCUT2D eigenvalue weighted by atomic mass is 9.99. The van der Waals surface area contributed by atoms with Gasteiger partial charge in [-0.3, -0.25) is 4.79 Å². The summed E-state index contributed by atoms with van der Waals surface area (Å²) >= 11 is 3.41. The van der Waals surface area contributed by atoms with Gasteiger partial charge in [0.25, 0.3) is 0 Å². The molecular formula is C11H19BrO2. The van der Waals surface area contributed by atoms with Gasteiger partial charge in [0.2, 0.25) is 0 Å². The lowest BCUT2D eigenvalue weighted by molar-refractivity contribution is -0.150. The van der Waals surface area contributed by atoms with Gasteiger partial charge in [-0.1, -0.05) is 28.8 Å². The second kappa shape index (κ2) is 5.74. The Morgan fingerprint density at radius 2 is 2.07 bits per heavy atom. The topological polar surface area (TPSA) is 26.3 Å². The molecule has 1 rings (SSSR count). The molecule has 0 atom stereocenters. The molecule has 0 aromatic carbocycles. The maximum Gasteiger partial charge on any atom is 0.312 e. The van der Waals surface area contributed by atoms with Gasteiger partial charge >= 0.3 is 5.97 Å². The van der Waals surface area contributed by atoms with E-state index in [4.69, 9.17) is 4.74 Å². The maximum atomic E-state index is 11.6. The van der Waals surface area contributed by atoms with Gasteiger partial charge in [-0.2, -0.15) is 0 Å². The van der Waals surface area contributed by atoms with E-state index in [2.05, 4.69) is 15.9 Å². The maximum absolute atomic E-state index is 11.6. The number of halogens is 1. The molecule has 0 bridgehead atoms. The van der Waals surface area contributed by atoms with Gasteiger partial charge in [0, 0.05) is 5.33 Å². The quantitative estimate of drug-likeness (QED) is 0.400. The Labute approximate surface area is 94.5 Å². The Kier molecular flexibility index (Phi) is 4.93. The highest BCUT2D eigenvalue weighted by molar-refractivity contribution is 9.09. The Bertz CT molecular complexity index is 188. The minimum atomic E-state index is -0.0671. The van der Waals surface area contributed by atoms with Crippen LogP contribution < -0.4 is 0 Å². The average Bonchev–Trinajstić information content (AvgIpc) is 2.94. The highest BCUT2D eigenvalue weighted by atomic mass is 79.9. The fraction of sp³-hybridized carbons (Fsp3) is 0.909. The van der Waals surface area contributed by atoms with Gasteiger partial charge in [-0.05, 0) is 32.6 Å². The third kappa shape index (κ3) is 3.26. The molecule has 0 heterocycles. The number of alkyl halides is 1. The lowest BCUT2D eigenvalue weighted by Gasteiger charge is -2.12. The fourth-order valence-electron chi connectivity index (χ4n) is 1.73. The van der Waals surface area contributed by atoms with Crippen molar-refractivity contribution >= 4 is 21.9 Å². The first-order chi connectivity index (χ1) is 6.75. The van der Waals surface area contributed by atoms with Crippen LogP contribution in [0.3, 0.4) is 0 Å². The molecule has 0 spiro atoms. The van der Waals surface area contributed by atoms with Gasteiger partial charge in [0.05, 0.1) is 12.0 Å². The summed E-state index contributed by atoms with van der Waals surface area (Å²) in [5.41, 5.74) is -0.0671. The van der Waals surface area contributed by atoms with Gasteiger partial charge in [0.1, 0.15) is 0 Å². The largest absolute Gasteiger partial charge is 0.466 e. The molecule has 0 unspecified atom stereocenters. The smallest absolute Gasteiger partial charge is 0.312 e. The van der Waals surface area contributed by atoms with Crippen LogP contribution in [0.25, 0.3) is 0 Å². The number of ether oxygens (including phenoxy) is 1. The first-order valence-electron chi connectivity index (χ1n) is 5.48. The molecular weight excluding hydrogens is 244 g/mol. The molecule has 2 nitrogen and oxygen atoms in total. The third-order valence-electron chi connectivity index (χ3n) is 2.85. The first kappa shape index (κ1) is 12.0. The van der Waals surface area contributed by atoms with Crippen LogP contribution in [-0.4, -0.2) is 17.9 Å². The summed E-state index contributed by atoms with van der Waals surface area (Å²) < 4.78 is 5.08. The highest BCUT2D eigenvalue weighted by Gasteiger charge is 2.50. The van der Waals surface area contributed by atoms with Crippen LogP contribution >= 0.6 is 15.9 Å². The zero-order valence-corrected chi connectivity index (χ0v) is 10.4. The molecule has 14 heavy (non-hydrogen) atoms. The minimum Gasteiger partial charge on any atom is -0.466 e. The van der Waals surface area contributed by atoms with E-state index in [0.29, 0.717) is 6.61 Å². The summed E-state index contributed by atoms with van der Waals surface area (Å²) in [5, 5.41) is 1.07. The molecule has 3 heteroatoms. The average molecular weight is 263 g/mol. The number of rotatable bonds is 7. The van der Waals surface area contributed by atoms with Crippen molar-refractivity contribution in [3.8, 4) is 0 Å². The number of hydrogen-bond donors (Lipinski definition) is 0. The Balaban J connectivity index is 2.18. The van der Waals surface area contributed by atoms with Crippen LogP contribution in [0.5, 0.6) is 0 Å². The van der Waals surface area contributed by atoms with E-state index in [0.717, 1.165) is 31.0 Å². The summed E-state index contributed by atoms with van der Waals surface area (Å²) in [7, 11) is 0. The second-order valence-electron chi connectivity index (χ2n) is 4.00. The van der Waals surface area contributed by atoms with Crippen molar-refractivity contribution in [3.05, 3.63) is 0 Å². The van der Waals surface area contributed by atoms with E-state index in [1.807, 2.05) is 6.92 Å². The van der Waals surface area contributed by atoms with Crippen molar-refractivity contribution in [2.45, 2.75) is 45.4 Å². The van der Waals surface area contributed by atoms with Crippen molar-refractivity contribution in [2.75, 3.05) is 11.9 Å². The molecule has 0 aliphatic heterocycles. The molecule has 0 aromatic heterocycles. The number of hydrogen-bond acceptors (Lipinski definition) is 2. The van der Waals surface area contributed by atoms with Crippen molar-refractivity contribution in [3.63, 3.8) is 0 Å². The highest BCUT2D eigenvalue weighted by Crippen LogP contribution is 2.50. The molecule has 82 valence electrons.